The van der Waals surface area contributed by atoms with E-state index in [4.69, 9.17) is 0 Å². The molecule has 1 amide bonds. The number of halogens is 2. The first-order valence-corrected chi connectivity index (χ1v) is 11.3. The molecule has 0 unspecified atom stereocenters. The molecule has 0 aliphatic heterocycles. The van der Waals surface area contributed by atoms with Gasteiger partial charge in [0.1, 0.15) is 0 Å². The van der Waals surface area contributed by atoms with E-state index >= 15 is 0 Å². The summed E-state index contributed by atoms with van der Waals surface area (Å²) in [6.45, 7) is 6.04. The van der Waals surface area contributed by atoms with Crippen LogP contribution in [0.4, 0.5) is 5.69 Å². The number of hydrogen-bond donors (Lipinski definition) is 1. The summed E-state index contributed by atoms with van der Waals surface area (Å²) in [5.41, 5.74) is 5.67. The van der Waals surface area contributed by atoms with Crippen molar-refractivity contribution < 1.29 is 4.79 Å². The van der Waals surface area contributed by atoms with Crippen LogP contribution >= 0.6 is 31.9 Å². The highest BCUT2D eigenvalue weighted by Crippen LogP contribution is 2.26. The first kappa shape index (κ1) is 21.5. The van der Waals surface area contributed by atoms with Crippen LogP contribution in [0.25, 0.3) is 17.1 Å². The molecule has 0 spiro atoms. The second-order valence-electron chi connectivity index (χ2n) is 7.31. The van der Waals surface area contributed by atoms with Crippen LogP contribution in [0.15, 0.2) is 69.6 Å². The fourth-order valence-corrected chi connectivity index (χ4v) is 4.01. The van der Waals surface area contributed by atoms with Crippen LogP contribution in [-0.2, 0) is 0 Å². The normalized spacial score (nSPS) is 10.9. The Kier molecular flexibility index (Phi) is 6.07. The number of anilines is 1. The summed E-state index contributed by atoms with van der Waals surface area (Å²) in [6.07, 6.45) is 0. The summed E-state index contributed by atoms with van der Waals surface area (Å²) in [6, 6.07) is 19.5. The molecule has 0 aliphatic carbocycles. The smallest absolute Gasteiger partial charge is 0.295 e. The zero-order valence-corrected chi connectivity index (χ0v) is 20.5. The number of nitrogens with one attached hydrogen (secondary N) is 1. The number of carbonyl (C=O) groups is 1. The molecule has 0 fully saturated rings. The predicted octanol–water partition coefficient (Wildman–Crippen LogP) is 6.64. The van der Waals surface area contributed by atoms with Crippen molar-refractivity contribution in [2.45, 2.75) is 20.8 Å². The predicted molar refractivity (Wildman–Crippen MR) is 131 cm³/mol. The van der Waals surface area contributed by atoms with E-state index in [0.29, 0.717) is 5.82 Å². The monoisotopic (exact) mass is 538 g/mol. The van der Waals surface area contributed by atoms with Crippen LogP contribution in [0.3, 0.4) is 0 Å². The molecule has 0 atom stereocenters. The Morgan fingerprint density at radius 3 is 2.32 bits per heavy atom. The largest absolute Gasteiger partial charge is 0.319 e. The Bertz CT molecular complexity index is 1280. The van der Waals surface area contributed by atoms with Crippen LogP contribution in [0.1, 0.15) is 27.3 Å². The second-order valence-corrected chi connectivity index (χ2v) is 9.14. The molecular formula is C24H20Br2N4O. The van der Waals surface area contributed by atoms with E-state index in [9.17, 15) is 4.79 Å². The van der Waals surface area contributed by atoms with Crippen LogP contribution in [0, 0.1) is 20.8 Å². The highest BCUT2D eigenvalue weighted by molar-refractivity contribution is 9.10. The Hall–Kier alpha value is -2.77. The Morgan fingerprint density at radius 2 is 1.61 bits per heavy atom. The van der Waals surface area contributed by atoms with Gasteiger partial charge in [-0.2, -0.15) is 0 Å². The van der Waals surface area contributed by atoms with Crippen LogP contribution in [-0.4, -0.2) is 20.7 Å². The molecule has 31 heavy (non-hydrogen) atoms. The minimum atomic E-state index is -0.354. The maximum absolute atomic E-state index is 13.0. The molecular weight excluding hydrogens is 520 g/mol. The Balaban J connectivity index is 1.80. The summed E-state index contributed by atoms with van der Waals surface area (Å²) in [5.74, 6) is 0.368. The lowest BCUT2D eigenvalue weighted by Gasteiger charge is -2.11. The van der Waals surface area contributed by atoms with E-state index in [-0.39, 0.29) is 11.7 Å². The van der Waals surface area contributed by atoms with Gasteiger partial charge in [-0.15, -0.1) is 5.10 Å². The van der Waals surface area contributed by atoms with Crippen molar-refractivity contribution in [3.8, 4) is 17.1 Å². The highest BCUT2D eigenvalue weighted by Gasteiger charge is 2.20. The lowest BCUT2D eigenvalue weighted by atomic mass is 10.1. The first-order chi connectivity index (χ1) is 14.8. The van der Waals surface area contributed by atoms with E-state index in [0.717, 1.165) is 42.6 Å². The van der Waals surface area contributed by atoms with Gasteiger partial charge in [0.15, 0.2) is 5.82 Å². The fraction of sp³-hybridized carbons (Fsp3) is 0.125. The minimum absolute atomic E-state index is 0.112. The van der Waals surface area contributed by atoms with Crippen molar-refractivity contribution >= 4 is 43.5 Å². The number of amides is 1. The number of aryl methyl sites for hydroxylation is 2. The van der Waals surface area contributed by atoms with Crippen LogP contribution in [0.5, 0.6) is 0 Å². The summed E-state index contributed by atoms with van der Waals surface area (Å²) >= 11 is 6.92. The van der Waals surface area contributed by atoms with Gasteiger partial charge in [0, 0.05) is 20.2 Å². The fourth-order valence-electron chi connectivity index (χ4n) is 3.27. The minimum Gasteiger partial charge on any atom is -0.319 e. The zero-order valence-electron chi connectivity index (χ0n) is 17.3. The van der Waals surface area contributed by atoms with Crippen molar-refractivity contribution in [2.75, 3.05) is 5.32 Å². The second kappa shape index (κ2) is 8.77. The molecule has 1 aromatic heterocycles. The molecule has 1 heterocycles. The van der Waals surface area contributed by atoms with Gasteiger partial charge in [-0.05, 0) is 73.9 Å². The van der Waals surface area contributed by atoms with Gasteiger partial charge < -0.3 is 5.32 Å². The maximum atomic E-state index is 13.0. The van der Waals surface area contributed by atoms with E-state index in [1.807, 2.05) is 68.4 Å². The van der Waals surface area contributed by atoms with Gasteiger partial charge in [-0.3, -0.25) is 4.79 Å². The van der Waals surface area contributed by atoms with Gasteiger partial charge in [0.25, 0.3) is 5.91 Å². The SMILES string of the molecule is Cc1cc(Br)ccc1NC(=O)c1nc(-c2ccc(Br)cc2)n(-c2cccc(C)c2C)n1. The van der Waals surface area contributed by atoms with Crippen LogP contribution < -0.4 is 5.32 Å². The molecule has 0 radical (unpaired) electrons. The van der Waals surface area contributed by atoms with Crippen molar-refractivity contribution in [3.05, 3.63) is 92.1 Å². The van der Waals surface area contributed by atoms with Crippen molar-refractivity contribution in [2.24, 2.45) is 0 Å². The van der Waals surface area contributed by atoms with Crippen molar-refractivity contribution in [1.82, 2.24) is 14.8 Å². The third-order valence-corrected chi connectivity index (χ3v) is 6.18. The van der Waals surface area contributed by atoms with Crippen molar-refractivity contribution in [1.29, 1.82) is 0 Å². The topological polar surface area (TPSA) is 59.8 Å². The van der Waals surface area contributed by atoms with Gasteiger partial charge in [0.05, 0.1) is 5.69 Å². The van der Waals surface area contributed by atoms with Gasteiger partial charge in [-0.25, -0.2) is 9.67 Å². The highest BCUT2D eigenvalue weighted by atomic mass is 79.9. The molecule has 5 nitrogen and oxygen atoms in total. The van der Waals surface area contributed by atoms with Gasteiger partial charge in [-0.1, -0.05) is 56.1 Å². The van der Waals surface area contributed by atoms with Crippen molar-refractivity contribution in [3.63, 3.8) is 0 Å². The molecule has 7 heteroatoms. The summed E-state index contributed by atoms with van der Waals surface area (Å²) in [4.78, 5) is 17.6. The summed E-state index contributed by atoms with van der Waals surface area (Å²) in [7, 11) is 0. The zero-order chi connectivity index (χ0) is 22.1. The van der Waals surface area contributed by atoms with E-state index in [1.165, 1.54) is 0 Å². The third-order valence-electron chi connectivity index (χ3n) is 5.15. The molecule has 156 valence electrons. The number of benzene rings is 3. The Morgan fingerprint density at radius 1 is 0.903 bits per heavy atom. The van der Waals surface area contributed by atoms with E-state index in [2.05, 4.69) is 60.2 Å². The molecule has 0 aliphatic rings. The number of hydrogen-bond acceptors (Lipinski definition) is 3. The average molecular weight is 540 g/mol. The summed E-state index contributed by atoms with van der Waals surface area (Å²) in [5, 5.41) is 7.52. The molecule has 0 saturated carbocycles. The molecule has 0 bridgehead atoms. The number of carbonyl (C=O) groups excluding carboxylic acids is 1. The lowest BCUT2D eigenvalue weighted by Crippen LogP contribution is -2.15. The average Bonchev–Trinajstić information content (AvgIpc) is 3.18. The maximum Gasteiger partial charge on any atom is 0.295 e. The van der Waals surface area contributed by atoms with Gasteiger partial charge in [0.2, 0.25) is 5.82 Å². The van der Waals surface area contributed by atoms with E-state index in [1.54, 1.807) is 4.68 Å². The molecule has 4 rings (SSSR count). The first-order valence-electron chi connectivity index (χ1n) is 9.70. The standard InChI is InChI=1S/C24H20Br2N4O/c1-14-5-4-6-21(16(14)3)30-23(17-7-9-18(25)10-8-17)28-22(29-30)24(31)27-20-12-11-19(26)13-15(20)2/h4-13H,1-3H3,(H,27,31). The number of nitrogens with zero attached hydrogens (tertiary/aromatic N) is 3. The Labute approximate surface area is 197 Å². The number of rotatable bonds is 4. The molecule has 1 N–H and O–H groups in total. The molecule has 0 saturated heterocycles. The third kappa shape index (κ3) is 4.48. The number of aromatic nitrogens is 3. The molecule has 3 aromatic carbocycles. The molecule has 4 aromatic rings. The lowest BCUT2D eigenvalue weighted by molar-refractivity contribution is 0.101. The van der Waals surface area contributed by atoms with E-state index < -0.39 is 0 Å². The van der Waals surface area contributed by atoms with Crippen LogP contribution in [0.2, 0.25) is 0 Å². The van der Waals surface area contributed by atoms with Gasteiger partial charge >= 0.3 is 0 Å². The summed E-state index contributed by atoms with van der Waals surface area (Å²) < 4.78 is 3.67. The quantitative estimate of drug-likeness (QED) is 0.316.